The van der Waals surface area contributed by atoms with Gasteiger partial charge in [-0.25, -0.2) is 0 Å². The standard InChI is InChI=1S/C21H31BN2O2/c23-21(10-3-4-13-22(25)26)18-11-14-24(15-12-18)16-19-8-5-7-17-6-1-2-9-20(17)19/h1-2,5-9,18,21,25-26H,3-4,10-16,23H2. The van der Waals surface area contributed by atoms with E-state index >= 15 is 0 Å². The van der Waals surface area contributed by atoms with Crippen molar-refractivity contribution in [2.45, 2.75) is 51.0 Å². The third kappa shape index (κ3) is 5.30. The summed E-state index contributed by atoms with van der Waals surface area (Å²) in [6.07, 6.45) is 5.58. The minimum atomic E-state index is -1.18. The van der Waals surface area contributed by atoms with Crippen molar-refractivity contribution in [3.8, 4) is 0 Å². The molecule has 1 heterocycles. The highest BCUT2D eigenvalue weighted by atomic mass is 16.4. The van der Waals surface area contributed by atoms with Crippen LogP contribution in [0.15, 0.2) is 42.5 Å². The molecule has 1 saturated heterocycles. The second-order valence-corrected chi connectivity index (χ2v) is 7.68. The summed E-state index contributed by atoms with van der Waals surface area (Å²) in [4.78, 5) is 2.55. The van der Waals surface area contributed by atoms with E-state index in [0.717, 1.165) is 51.7 Å². The van der Waals surface area contributed by atoms with Crippen LogP contribution in [0.4, 0.5) is 0 Å². The van der Waals surface area contributed by atoms with E-state index in [0.29, 0.717) is 12.2 Å². The van der Waals surface area contributed by atoms with E-state index in [1.165, 1.54) is 16.3 Å². The van der Waals surface area contributed by atoms with Crippen LogP contribution in [0.1, 0.15) is 37.7 Å². The highest BCUT2D eigenvalue weighted by Gasteiger charge is 2.24. The monoisotopic (exact) mass is 354 g/mol. The van der Waals surface area contributed by atoms with Crippen LogP contribution in [0.2, 0.25) is 6.32 Å². The zero-order valence-electron chi connectivity index (χ0n) is 15.6. The Morgan fingerprint density at radius 2 is 1.77 bits per heavy atom. The van der Waals surface area contributed by atoms with Gasteiger partial charge in [-0.1, -0.05) is 55.3 Å². The topological polar surface area (TPSA) is 69.7 Å². The van der Waals surface area contributed by atoms with Crippen LogP contribution in [0.5, 0.6) is 0 Å². The van der Waals surface area contributed by atoms with E-state index in [1.54, 1.807) is 0 Å². The van der Waals surface area contributed by atoms with Gasteiger partial charge in [0.05, 0.1) is 0 Å². The van der Waals surface area contributed by atoms with E-state index in [-0.39, 0.29) is 6.04 Å². The van der Waals surface area contributed by atoms with Crippen molar-refractivity contribution in [2.24, 2.45) is 11.7 Å². The maximum atomic E-state index is 8.90. The van der Waals surface area contributed by atoms with Crippen molar-refractivity contribution >= 4 is 17.9 Å². The number of piperidine rings is 1. The average Bonchev–Trinajstić information content (AvgIpc) is 2.66. The number of likely N-dealkylation sites (tertiary alicyclic amines) is 1. The lowest BCUT2D eigenvalue weighted by Gasteiger charge is -2.35. The van der Waals surface area contributed by atoms with Crippen LogP contribution in [0.25, 0.3) is 10.8 Å². The number of benzene rings is 2. The van der Waals surface area contributed by atoms with Gasteiger partial charge in [-0.2, -0.15) is 0 Å². The van der Waals surface area contributed by atoms with Crippen molar-refractivity contribution in [1.29, 1.82) is 0 Å². The normalized spacial score (nSPS) is 17.5. The molecule has 0 radical (unpaired) electrons. The predicted molar refractivity (Wildman–Crippen MR) is 109 cm³/mol. The van der Waals surface area contributed by atoms with E-state index in [9.17, 15) is 0 Å². The van der Waals surface area contributed by atoms with Crippen LogP contribution in [-0.2, 0) is 6.54 Å². The van der Waals surface area contributed by atoms with Gasteiger partial charge in [0.2, 0.25) is 0 Å². The molecule has 1 fully saturated rings. The molecular formula is C21H31BN2O2. The molecule has 1 atom stereocenters. The van der Waals surface area contributed by atoms with Gasteiger partial charge >= 0.3 is 7.12 Å². The Labute approximate surface area is 157 Å². The molecule has 0 amide bonds. The summed E-state index contributed by atoms with van der Waals surface area (Å²) in [7, 11) is -1.18. The summed E-state index contributed by atoms with van der Waals surface area (Å²) < 4.78 is 0. The Hall–Kier alpha value is -1.40. The lowest BCUT2D eigenvalue weighted by molar-refractivity contribution is 0.159. The molecule has 140 valence electrons. The summed E-state index contributed by atoms with van der Waals surface area (Å²) >= 11 is 0. The van der Waals surface area contributed by atoms with Gasteiger partial charge in [-0.3, -0.25) is 4.90 Å². The lowest BCUT2D eigenvalue weighted by Crippen LogP contribution is -2.40. The van der Waals surface area contributed by atoms with Crippen molar-refractivity contribution in [2.75, 3.05) is 13.1 Å². The predicted octanol–water partition coefficient (Wildman–Crippen LogP) is 3.02. The number of nitrogens with two attached hydrogens (primary N) is 1. The van der Waals surface area contributed by atoms with Crippen LogP contribution in [0.3, 0.4) is 0 Å². The number of fused-ring (bicyclic) bond motifs is 1. The fraction of sp³-hybridized carbons (Fsp3) is 0.524. The fourth-order valence-corrected chi connectivity index (χ4v) is 4.15. The molecule has 4 N–H and O–H groups in total. The van der Waals surface area contributed by atoms with Crippen molar-refractivity contribution in [3.05, 3.63) is 48.0 Å². The third-order valence-corrected chi connectivity index (χ3v) is 5.76. The van der Waals surface area contributed by atoms with Crippen LogP contribution >= 0.6 is 0 Å². The second-order valence-electron chi connectivity index (χ2n) is 7.68. The highest BCUT2D eigenvalue weighted by molar-refractivity contribution is 6.40. The van der Waals surface area contributed by atoms with Crippen LogP contribution in [-0.4, -0.2) is 41.2 Å². The van der Waals surface area contributed by atoms with Crippen molar-refractivity contribution in [1.82, 2.24) is 4.90 Å². The second kappa shape index (κ2) is 9.51. The molecule has 1 unspecified atom stereocenters. The summed E-state index contributed by atoms with van der Waals surface area (Å²) in [5, 5.41) is 20.5. The molecule has 0 bridgehead atoms. The first-order chi connectivity index (χ1) is 12.6. The molecule has 0 saturated carbocycles. The maximum absolute atomic E-state index is 8.90. The minimum Gasteiger partial charge on any atom is -0.427 e. The van der Waals surface area contributed by atoms with Gasteiger partial charge in [0.15, 0.2) is 0 Å². The summed E-state index contributed by atoms with van der Waals surface area (Å²) in [6.45, 7) is 3.23. The molecule has 1 aliphatic rings. The van der Waals surface area contributed by atoms with Gasteiger partial charge in [-0.15, -0.1) is 0 Å². The van der Waals surface area contributed by atoms with Gasteiger partial charge in [0, 0.05) is 12.6 Å². The fourth-order valence-electron chi connectivity index (χ4n) is 4.15. The van der Waals surface area contributed by atoms with Crippen molar-refractivity contribution in [3.63, 3.8) is 0 Å². The number of hydrogen-bond acceptors (Lipinski definition) is 4. The van der Waals surface area contributed by atoms with Gasteiger partial charge in [0.1, 0.15) is 0 Å². The SMILES string of the molecule is NC(CCCCB(O)O)C1CCN(Cc2cccc3ccccc23)CC1. The zero-order chi connectivity index (χ0) is 18.4. The molecule has 1 aliphatic heterocycles. The largest absolute Gasteiger partial charge is 0.451 e. The van der Waals surface area contributed by atoms with Gasteiger partial charge in [0.25, 0.3) is 0 Å². The first-order valence-corrected chi connectivity index (χ1v) is 9.94. The molecule has 26 heavy (non-hydrogen) atoms. The number of rotatable bonds is 8. The van der Waals surface area contributed by atoms with E-state index in [1.807, 2.05) is 0 Å². The Bertz CT molecular complexity index is 681. The summed E-state index contributed by atoms with van der Waals surface area (Å²) in [5.41, 5.74) is 7.80. The number of hydrogen-bond donors (Lipinski definition) is 3. The average molecular weight is 354 g/mol. The Morgan fingerprint density at radius 1 is 1.04 bits per heavy atom. The molecule has 4 nitrogen and oxygen atoms in total. The quantitative estimate of drug-likeness (QED) is 0.503. The Kier molecular flexibility index (Phi) is 7.09. The smallest absolute Gasteiger partial charge is 0.427 e. The molecule has 3 rings (SSSR count). The summed E-state index contributed by atoms with van der Waals surface area (Å²) in [6, 6.07) is 15.4. The molecule has 2 aromatic carbocycles. The first kappa shape index (κ1) is 19.4. The Balaban J connectivity index is 1.46. The molecule has 0 spiro atoms. The molecule has 0 aromatic heterocycles. The third-order valence-electron chi connectivity index (χ3n) is 5.76. The van der Waals surface area contributed by atoms with Gasteiger partial charge < -0.3 is 15.8 Å². The van der Waals surface area contributed by atoms with Crippen LogP contribution in [0, 0.1) is 5.92 Å². The molecular weight excluding hydrogens is 323 g/mol. The number of unbranched alkanes of at least 4 members (excludes halogenated alkanes) is 1. The van der Waals surface area contributed by atoms with Crippen molar-refractivity contribution < 1.29 is 10.0 Å². The van der Waals surface area contributed by atoms with Crippen LogP contribution < -0.4 is 5.73 Å². The van der Waals surface area contributed by atoms with E-state index < -0.39 is 7.12 Å². The lowest BCUT2D eigenvalue weighted by atomic mass is 9.82. The van der Waals surface area contributed by atoms with Gasteiger partial charge in [-0.05, 0) is 60.9 Å². The number of nitrogens with zero attached hydrogens (tertiary/aromatic N) is 1. The molecule has 2 aromatic rings. The van der Waals surface area contributed by atoms with E-state index in [2.05, 4.69) is 47.4 Å². The molecule has 0 aliphatic carbocycles. The summed E-state index contributed by atoms with van der Waals surface area (Å²) in [5.74, 6) is 0.595. The first-order valence-electron chi connectivity index (χ1n) is 9.94. The molecule has 5 heteroatoms. The minimum absolute atomic E-state index is 0.241. The van der Waals surface area contributed by atoms with E-state index in [4.69, 9.17) is 15.8 Å². The maximum Gasteiger partial charge on any atom is 0.451 e. The highest BCUT2D eigenvalue weighted by Crippen LogP contribution is 2.26. The Morgan fingerprint density at radius 3 is 2.54 bits per heavy atom. The zero-order valence-corrected chi connectivity index (χ0v) is 15.6.